The minimum atomic E-state index is -0.817. The molecule has 1 aromatic carbocycles. The third-order valence-electron chi connectivity index (χ3n) is 4.85. The number of nitrogens with zero attached hydrogens (tertiary/aromatic N) is 2. The number of rotatable bonds is 5. The highest BCUT2D eigenvalue weighted by molar-refractivity contribution is 7.79. The van der Waals surface area contributed by atoms with Gasteiger partial charge < -0.3 is 9.30 Å². The largest absolute Gasteiger partial charge is 0.449 e. The zero-order valence-corrected chi connectivity index (χ0v) is 15.0. The third kappa shape index (κ3) is 3.63. The zero-order chi connectivity index (χ0) is 17.9. The van der Waals surface area contributed by atoms with Crippen LogP contribution in [0.5, 0.6) is 0 Å². The van der Waals surface area contributed by atoms with E-state index in [9.17, 15) is 9.18 Å². The molecule has 0 radical (unpaired) electrons. The Bertz CT molecular complexity index is 754. The molecule has 132 valence electrons. The zero-order valence-electron chi connectivity index (χ0n) is 14.2. The van der Waals surface area contributed by atoms with Crippen molar-refractivity contribution in [3.05, 3.63) is 53.9 Å². The molecule has 0 bridgehead atoms. The highest BCUT2D eigenvalue weighted by Gasteiger charge is 2.36. The Kier molecular flexibility index (Phi) is 5.27. The predicted molar refractivity (Wildman–Crippen MR) is 97.3 cm³/mol. The van der Waals surface area contributed by atoms with Crippen LogP contribution < -0.4 is 0 Å². The van der Waals surface area contributed by atoms with Crippen LogP contribution >= 0.6 is 12.2 Å². The van der Waals surface area contributed by atoms with Crippen LogP contribution in [0.15, 0.2) is 36.7 Å². The van der Waals surface area contributed by atoms with Gasteiger partial charge in [0.2, 0.25) is 5.95 Å². The summed E-state index contributed by atoms with van der Waals surface area (Å²) in [5, 5.41) is 1.52. The minimum absolute atomic E-state index is 0.154. The number of hydrogen-bond donors (Lipinski definition) is 0. The molecule has 6 heteroatoms. The van der Waals surface area contributed by atoms with Crippen LogP contribution in [0.2, 0.25) is 0 Å². The summed E-state index contributed by atoms with van der Waals surface area (Å²) in [6, 6.07) is 9.33. The molecule has 0 amide bonds. The summed E-state index contributed by atoms with van der Waals surface area (Å²) < 4.78 is 21.5. The number of aromatic nitrogens is 2. The lowest BCUT2D eigenvalue weighted by molar-refractivity contribution is -0.000676. The third-order valence-corrected chi connectivity index (χ3v) is 5.28. The van der Waals surface area contributed by atoms with Crippen molar-refractivity contribution in [3.8, 4) is 0 Å². The molecule has 1 fully saturated rings. The molecule has 2 aromatic rings. The molecule has 3 rings (SSSR count). The van der Waals surface area contributed by atoms with E-state index in [4.69, 9.17) is 17.0 Å². The van der Waals surface area contributed by atoms with Gasteiger partial charge in [-0.25, -0.2) is 9.78 Å². The maximum absolute atomic E-state index is 14.3. The van der Waals surface area contributed by atoms with Crippen molar-refractivity contribution >= 4 is 23.6 Å². The Balaban J connectivity index is 1.88. The van der Waals surface area contributed by atoms with Gasteiger partial charge in [-0.3, -0.25) is 0 Å². The number of hydrogen-bond acceptors (Lipinski definition) is 4. The lowest BCUT2D eigenvalue weighted by Gasteiger charge is -2.33. The molecule has 0 N–H and O–H groups in total. The Morgan fingerprint density at radius 3 is 2.64 bits per heavy atom. The first-order valence-electron chi connectivity index (χ1n) is 8.53. The van der Waals surface area contributed by atoms with Crippen LogP contribution in [0.25, 0.3) is 0 Å². The average Bonchev–Trinajstić information content (AvgIpc) is 3.04. The van der Waals surface area contributed by atoms with Crippen LogP contribution in [-0.4, -0.2) is 26.5 Å². The summed E-state index contributed by atoms with van der Waals surface area (Å²) in [7, 11) is 0. The molecule has 0 unspecified atom stereocenters. The lowest BCUT2D eigenvalue weighted by atomic mass is 9.86. The Hall–Kier alpha value is -2.08. The maximum atomic E-state index is 14.3. The van der Waals surface area contributed by atoms with E-state index in [1.807, 2.05) is 37.3 Å². The number of ether oxygens (including phenoxy) is 1. The number of halogens is 1. The quantitative estimate of drug-likeness (QED) is 0.582. The van der Waals surface area contributed by atoms with E-state index < -0.39 is 17.5 Å². The van der Waals surface area contributed by atoms with Crippen molar-refractivity contribution in [1.82, 2.24) is 9.55 Å². The first-order valence-corrected chi connectivity index (χ1v) is 9.00. The Labute approximate surface area is 152 Å². The number of benzene rings is 1. The van der Waals surface area contributed by atoms with Gasteiger partial charge in [0.25, 0.3) is 0 Å². The van der Waals surface area contributed by atoms with Gasteiger partial charge in [-0.05, 0) is 38.2 Å². The average molecular weight is 360 g/mol. The molecule has 1 aliphatic carbocycles. The molecule has 0 aliphatic heterocycles. The van der Waals surface area contributed by atoms with Crippen molar-refractivity contribution in [2.24, 2.45) is 0 Å². The summed E-state index contributed by atoms with van der Waals surface area (Å²) in [6.07, 6.45) is 5.71. The standard InChI is InChI=1S/C19H21FN2O2S/c1-14(15-8-4-2-5-9-15)22-13-21-17(20)16(22)18(23)24-19(12-25)10-6-3-7-11-19/h2,4-5,8-9,12-14H,3,6-7,10-11H2,1H3/t14-/m1/s1. The molecule has 1 atom stereocenters. The monoisotopic (exact) mass is 360 g/mol. The van der Waals surface area contributed by atoms with Gasteiger partial charge in [-0.1, -0.05) is 49.0 Å². The number of esters is 1. The first-order chi connectivity index (χ1) is 12.1. The van der Waals surface area contributed by atoms with Crippen LogP contribution in [0, 0.1) is 5.95 Å². The fraction of sp³-hybridized carbons (Fsp3) is 0.421. The van der Waals surface area contributed by atoms with Gasteiger partial charge in [0.1, 0.15) is 5.60 Å². The number of carbonyl (C=O) groups excluding carboxylic acids is 1. The van der Waals surface area contributed by atoms with Gasteiger partial charge in [0.05, 0.1) is 12.4 Å². The van der Waals surface area contributed by atoms with Crippen molar-refractivity contribution in [2.75, 3.05) is 0 Å². The predicted octanol–water partition coefficient (Wildman–Crippen LogP) is 4.49. The summed E-state index contributed by atoms with van der Waals surface area (Å²) >= 11 is 5.11. The molecule has 1 heterocycles. The molecule has 1 saturated carbocycles. The van der Waals surface area contributed by atoms with Gasteiger partial charge in [-0.15, -0.1) is 0 Å². The highest BCUT2D eigenvalue weighted by Crippen LogP contribution is 2.32. The van der Waals surface area contributed by atoms with Crippen LogP contribution in [0.1, 0.15) is 61.1 Å². The van der Waals surface area contributed by atoms with Crippen molar-refractivity contribution in [3.63, 3.8) is 0 Å². The topological polar surface area (TPSA) is 44.1 Å². The van der Waals surface area contributed by atoms with Crippen LogP contribution in [-0.2, 0) is 4.74 Å². The van der Waals surface area contributed by atoms with E-state index in [1.165, 1.54) is 16.3 Å². The second-order valence-electron chi connectivity index (χ2n) is 6.51. The van der Waals surface area contributed by atoms with Crippen molar-refractivity contribution in [2.45, 2.75) is 50.7 Å². The molecule has 0 spiro atoms. The molecular formula is C19H21FN2O2S. The SMILES string of the molecule is C[C@H](c1ccccc1)n1cnc(F)c1C(=O)OC1(C=S)CCCCC1. The molecule has 1 aromatic heterocycles. The van der Waals surface area contributed by atoms with E-state index in [0.717, 1.165) is 24.8 Å². The van der Waals surface area contributed by atoms with Crippen LogP contribution in [0.4, 0.5) is 4.39 Å². The summed E-state index contributed by atoms with van der Waals surface area (Å²) in [5.74, 6) is -1.52. The van der Waals surface area contributed by atoms with E-state index in [-0.39, 0.29) is 11.7 Å². The van der Waals surface area contributed by atoms with E-state index in [1.54, 1.807) is 0 Å². The van der Waals surface area contributed by atoms with E-state index in [0.29, 0.717) is 12.8 Å². The Morgan fingerprint density at radius 1 is 1.32 bits per heavy atom. The van der Waals surface area contributed by atoms with Crippen molar-refractivity contribution < 1.29 is 13.9 Å². The first kappa shape index (κ1) is 17.7. The second-order valence-corrected chi connectivity index (χ2v) is 6.75. The van der Waals surface area contributed by atoms with Gasteiger partial charge in [0, 0.05) is 5.37 Å². The summed E-state index contributed by atoms with van der Waals surface area (Å²) in [4.78, 5) is 16.4. The fourth-order valence-electron chi connectivity index (χ4n) is 3.34. The maximum Gasteiger partial charge on any atom is 0.360 e. The molecule has 4 nitrogen and oxygen atoms in total. The van der Waals surface area contributed by atoms with Crippen molar-refractivity contribution in [1.29, 1.82) is 0 Å². The molecule has 1 aliphatic rings. The van der Waals surface area contributed by atoms with E-state index >= 15 is 0 Å². The molecule has 0 saturated heterocycles. The highest BCUT2D eigenvalue weighted by atomic mass is 32.1. The number of thiocarbonyl (C=S) groups is 1. The summed E-state index contributed by atoms with van der Waals surface area (Å²) in [6.45, 7) is 1.89. The fourth-order valence-corrected chi connectivity index (χ4v) is 3.62. The normalized spacial score (nSPS) is 17.7. The van der Waals surface area contributed by atoms with Gasteiger partial charge >= 0.3 is 5.97 Å². The second kappa shape index (κ2) is 7.44. The minimum Gasteiger partial charge on any atom is -0.449 e. The van der Waals surface area contributed by atoms with E-state index in [2.05, 4.69) is 4.98 Å². The van der Waals surface area contributed by atoms with Gasteiger partial charge in [-0.2, -0.15) is 4.39 Å². The smallest absolute Gasteiger partial charge is 0.360 e. The molecule has 25 heavy (non-hydrogen) atoms. The van der Waals surface area contributed by atoms with Crippen LogP contribution in [0.3, 0.4) is 0 Å². The summed E-state index contributed by atoms with van der Waals surface area (Å²) in [5.41, 5.74) is 0.0247. The number of carbonyl (C=O) groups is 1. The molecular weight excluding hydrogens is 339 g/mol. The lowest BCUT2D eigenvalue weighted by Crippen LogP contribution is -2.39. The Morgan fingerprint density at radius 2 is 2.00 bits per heavy atom. The number of imidazole rings is 1. The van der Waals surface area contributed by atoms with Gasteiger partial charge in [0.15, 0.2) is 5.69 Å².